The molecule has 4 unspecified atom stereocenters. The predicted molar refractivity (Wildman–Crippen MR) is 407 cm³/mol. The summed E-state index contributed by atoms with van der Waals surface area (Å²) in [5.41, 5.74) is 6.09. The van der Waals surface area contributed by atoms with Gasteiger partial charge in [-0.15, -0.1) is 22.7 Å². The summed E-state index contributed by atoms with van der Waals surface area (Å²) in [5, 5.41) is 38.1. The number of carbonyl (C=O) groups excluding carboxylic acids is 8. The Hall–Kier alpha value is -8.52. The van der Waals surface area contributed by atoms with E-state index in [9.17, 15) is 38.4 Å². The summed E-state index contributed by atoms with van der Waals surface area (Å²) in [7, 11) is 3.83. The van der Waals surface area contributed by atoms with Crippen LogP contribution >= 0.6 is 34.3 Å². The molecule has 10 heterocycles. The lowest BCUT2D eigenvalue weighted by Crippen LogP contribution is -2.52. The number of imide groups is 2. The number of fused-ring (bicyclic) bond motifs is 2. The van der Waals surface area contributed by atoms with Crippen LogP contribution in [0.1, 0.15) is 212 Å². The molecule has 0 radical (unpaired) electrons. The normalized spacial score (nSPS) is 22.6. The molecule has 28 nitrogen and oxygen atoms in total. The molecule has 0 spiro atoms. The molecule has 578 valence electrons. The molecule has 4 aliphatic carbocycles. The van der Waals surface area contributed by atoms with Gasteiger partial charge in [0.2, 0.25) is 35.5 Å². The van der Waals surface area contributed by atoms with Gasteiger partial charge in [0.15, 0.2) is 5.82 Å². The Morgan fingerprint density at radius 2 is 1.06 bits per heavy atom. The third-order valence-electron chi connectivity index (χ3n) is 22.8. The van der Waals surface area contributed by atoms with Crippen molar-refractivity contribution in [2.75, 3.05) is 36.8 Å². The van der Waals surface area contributed by atoms with Gasteiger partial charge < -0.3 is 51.9 Å². The molecule has 32 heteroatoms. The van der Waals surface area contributed by atoms with E-state index >= 15 is 4.39 Å². The maximum atomic E-state index is 16.0. The maximum Gasteiger partial charge on any atom is 0.317 e. The molecule has 6 aromatic rings. The lowest BCUT2D eigenvalue weighted by atomic mass is 9.91. The first-order valence-corrected chi connectivity index (χ1v) is 41.1. The zero-order valence-corrected chi connectivity index (χ0v) is 64.1. The number of hydrogen-bond acceptors (Lipinski definition) is 20. The third-order valence-corrected chi connectivity index (χ3v) is 25.4. The summed E-state index contributed by atoms with van der Waals surface area (Å²) in [6.07, 6.45) is 30.3. The average molecular weight is 1540 g/mol. The number of urea groups is 2. The molecule has 4 saturated carbocycles. The fraction of sp³-hybridized carbons (Fsp3) is 0.605. The summed E-state index contributed by atoms with van der Waals surface area (Å²) in [5.74, 6) is -0.841. The van der Waals surface area contributed by atoms with E-state index in [0.717, 1.165) is 179 Å². The van der Waals surface area contributed by atoms with Crippen LogP contribution < -0.4 is 47.9 Å². The van der Waals surface area contributed by atoms with Gasteiger partial charge >= 0.3 is 12.1 Å². The highest BCUT2D eigenvalue weighted by Gasteiger charge is 2.47. The first-order chi connectivity index (χ1) is 52.4. The van der Waals surface area contributed by atoms with Crippen LogP contribution in [-0.2, 0) is 72.3 Å². The number of aromatic nitrogens is 8. The fourth-order valence-corrected chi connectivity index (χ4v) is 18.7. The van der Waals surface area contributed by atoms with E-state index in [2.05, 4.69) is 68.0 Å². The van der Waals surface area contributed by atoms with Crippen LogP contribution in [0.15, 0.2) is 36.9 Å². The topological polar surface area (TPSA) is 342 Å². The number of nitrogens with one attached hydrogen (secondary N) is 9. The lowest BCUT2D eigenvalue weighted by molar-refractivity contribution is -0.138. The molecule has 6 aromatic heterocycles. The van der Waals surface area contributed by atoms with E-state index in [0.29, 0.717) is 102 Å². The van der Waals surface area contributed by atoms with Crippen LogP contribution in [0, 0.1) is 17.7 Å². The first-order valence-electron chi connectivity index (χ1n) is 39.1. The van der Waals surface area contributed by atoms with Gasteiger partial charge in [-0.25, -0.2) is 33.9 Å². The Morgan fingerprint density at radius 3 is 1.62 bits per heavy atom. The van der Waals surface area contributed by atoms with E-state index < -0.39 is 29.7 Å². The SMILES string of the molecule is Cn1ncc(-c2nc(N[C@H]3CC[C@H](NCCCCCCNC(=O)NCc4cc5c(s4)C(=O)N(C4CCC(=O)NC4=O)C5)CC3)ncc2F)c1CC1CC1N(Cc1cc2c(s1)C(=O)N(C1CCC(=O)NC1=O)C2)C(=O)NCCCCCCCCN[C@H]1CC[C@H](Nc2ncc(Cl)c(-c3cnn(C)c3CC3CC3)n2)CC1. The largest absolute Gasteiger partial charge is 0.351 e. The Balaban J connectivity index is 0.492. The monoisotopic (exact) mass is 1540 g/mol. The van der Waals surface area contributed by atoms with Gasteiger partial charge in [-0.05, 0) is 170 Å². The number of hydrogen-bond donors (Lipinski definition) is 9. The molecule has 10 amide bonds. The third kappa shape index (κ3) is 18.8. The average Bonchev–Trinajstić information content (AvgIpc) is 1.67. The summed E-state index contributed by atoms with van der Waals surface area (Å²) in [6, 6.07) is 3.22. The Labute approximate surface area is 641 Å². The lowest BCUT2D eigenvalue weighted by Gasteiger charge is -2.30. The molecule has 0 bridgehead atoms. The van der Waals surface area contributed by atoms with Gasteiger partial charge in [0.25, 0.3) is 11.8 Å². The van der Waals surface area contributed by atoms with Gasteiger partial charge in [-0.1, -0.05) is 50.1 Å². The Morgan fingerprint density at radius 1 is 0.574 bits per heavy atom. The number of piperidine rings is 2. The van der Waals surface area contributed by atoms with Crippen LogP contribution in [0.2, 0.25) is 5.02 Å². The van der Waals surface area contributed by atoms with Crippen LogP contribution in [0.3, 0.4) is 0 Å². The van der Waals surface area contributed by atoms with Gasteiger partial charge in [0.05, 0.1) is 58.3 Å². The number of rotatable bonds is 35. The fourth-order valence-electron chi connectivity index (χ4n) is 16.4. The molecule has 108 heavy (non-hydrogen) atoms. The zero-order valence-electron chi connectivity index (χ0n) is 61.7. The van der Waals surface area contributed by atoms with Crippen LogP contribution in [0.4, 0.5) is 25.9 Å². The van der Waals surface area contributed by atoms with Crippen molar-refractivity contribution in [3.63, 3.8) is 0 Å². The molecular weight excluding hydrogens is 1440 g/mol. The Kier molecular flexibility index (Phi) is 24.7. The summed E-state index contributed by atoms with van der Waals surface area (Å²) < 4.78 is 19.7. The van der Waals surface area contributed by atoms with Gasteiger partial charge in [0, 0.05) is 116 Å². The molecule has 6 fully saturated rings. The minimum Gasteiger partial charge on any atom is -0.351 e. The summed E-state index contributed by atoms with van der Waals surface area (Å²) >= 11 is 9.32. The first kappa shape index (κ1) is 76.3. The highest BCUT2D eigenvalue weighted by Crippen LogP contribution is 2.44. The molecule has 8 aliphatic rings. The van der Waals surface area contributed by atoms with Gasteiger partial charge in [-0.3, -0.25) is 48.8 Å². The van der Waals surface area contributed by atoms with Crippen LogP contribution in [-0.4, -0.2) is 170 Å². The molecule has 9 N–H and O–H groups in total. The van der Waals surface area contributed by atoms with Crippen LogP contribution in [0.25, 0.3) is 22.5 Å². The smallest absolute Gasteiger partial charge is 0.317 e. The van der Waals surface area contributed by atoms with E-state index in [4.69, 9.17) is 21.6 Å². The highest BCUT2D eigenvalue weighted by molar-refractivity contribution is 7.14. The van der Waals surface area contributed by atoms with E-state index in [1.807, 2.05) is 42.0 Å². The van der Waals surface area contributed by atoms with Gasteiger partial charge in [0.1, 0.15) is 17.8 Å². The predicted octanol–water partition coefficient (Wildman–Crippen LogP) is 9.33. The van der Waals surface area contributed by atoms with Gasteiger partial charge in [-0.2, -0.15) is 10.2 Å². The number of anilines is 2. The molecule has 4 aliphatic heterocycles. The number of carbonyl (C=O) groups is 8. The van der Waals surface area contributed by atoms with Crippen molar-refractivity contribution in [3.8, 4) is 22.5 Å². The van der Waals surface area contributed by atoms with Crippen molar-refractivity contribution < 1.29 is 42.7 Å². The molecular formula is C76H100ClFN20O8S2. The van der Waals surface area contributed by atoms with Crippen LogP contribution in [0.5, 0.6) is 0 Å². The second-order valence-electron chi connectivity index (χ2n) is 30.7. The summed E-state index contributed by atoms with van der Waals surface area (Å²) in [4.78, 5) is 129. The Bertz CT molecular complexity index is 4280. The number of thiophene rings is 2. The van der Waals surface area contributed by atoms with E-state index in [1.165, 1.54) is 52.3 Å². The van der Waals surface area contributed by atoms with Crippen molar-refractivity contribution in [3.05, 3.63) is 89.8 Å². The summed E-state index contributed by atoms with van der Waals surface area (Å²) in [6.45, 7) is 4.11. The quantitative estimate of drug-likeness (QED) is 0.0132. The van der Waals surface area contributed by atoms with Crippen molar-refractivity contribution in [2.24, 2.45) is 25.9 Å². The standard InChI is InChI=1S/C76H100ClFN20O8S2/c1-94-61(31-44-13-14-44)54(37-86-94)65-56(77)39-83-73(92-65)88-50-19-15-48(16-20-50)79-27-9-5-3-4-6-12-30-82-76(106)98(43-53-33-47-42-97(72(104)68(47)108-53)59-24-26-64(100)91-70(59)102)60-34-45(60)35-62-55(38-87-95(62)2)66-57(78)40-84-74(93-66)89-51-21-17-49(18-22-51)80-28-10-7-8-11-29-81-75(105)85-36-52-32-46-41-96(71(103)67(46)107-52)58-23-25-63(99)90-69(58)101/h32-33,37-40,44-45,48-51,58-60,79-80H,3-31,34-36,41-43H2,1-2H3,(H,82,106)(H2,81,85,105)(H,83,88,92)(H,84,89,93)(H,90,99,101)(H,91,100,102)/t45?,48-,49-,50-,51-,58?,59?,60?. The highest BCUT2D eigenvalue weighted by atomic mass is 35.5. The number of amides is 10. The minimum atomic E-state index is -0.713. The zero-order chi connectivity index (χ0) is 75.0. The molecule has 2 saturated heterocycles. The number of aryl methyl sites for hydroxylation is 2. The maximum absolute atomic E-state index is 16.0. The molecule has 14 rings (SSSR count). The number of nitrogens with zero attached hydrogens (tertiary/aromatic N) is 11. The van der Waals surface area contributed by atoms with Crippen molar-refractivity contribution in [1.82, 2.24) is 91.4 Å². The molecule has 0 aromatic carbocycles. The number of unbranched alkanes of at least 4 members (excludes halogenated alkanes) is 8. The van der Waals surface area contributed by atoms with Crippen molar-refractivity contribution >= 4 is 93.7 Å². The van der Waals surface area contributed by atoms with E-state index in [-0.39, 0.29) is 85.2 Å². The number of halogens is 2. The van der Waals surface area contributed by atoms with E-state index in [1.54, 1.807) is 22.0 Å². The second kappa shape index (κ2) is 35.0. The molecule has 4 atom stereocenters. The second-order valence-corrected chi connectivity index (χ2v) is 33.4. The van der Waals surface area contributed by atoms with Crippen molar-refractivity contribution in [1.29, 1.82) is 0 Å². The minimum absolute atomic E-state index is 0.0395. The van der Waals surface area contributed by atoms with Crippen molar-refractivity contribution in [2.45, 2.75) is 242 Å².